The Balaban J connectivity index is 2.86. The molecule has 1 saturated heterocycles. The van der Waals surface area contributed by atoms with Crippen LogP contribution < -0.4 is 0 Å². The number of esters is 1. The minimum atomic E-state index is -1.47. The standard InChI is InChI=1S/C12H22O7/c1-3-6(12(17)18-4-2)11-10(16)9(15)8(14)7(5-13)19-11/h6-11,13-16H,3-5H2,1-2H3/t6?,7-,8+,9+,10-,11+/m1/s1. The number of rotatable bonds is 5. The Hall–Kier alpha value is -0.730. The fourth-order valence-electron chi connectivity index (χ4n) is 2.25. The van der Waals surface area contributed by atoms with E-state index in [9.17, 15) is 20.1 Å². The maximum Gasteiger partial charge on any atom is 0.311 e. The lowest BCUT2D eigenvalue weighted by atomic mass is 9.86. The predicted octanol–water partition coefficient (Wildman–Crippen LogP) is -1.58. The van der Waals surface area contributed by atoms with Gasteiger partial charge in [-0.25, -0.2) is 0 Å². The number of aliphatic hydroxyl groups excluding tert-OH is 4. The Bertz CT molecular complexity index is 294. The molecule has 1 unspecified atom stereocenters. The average molecular weight is 278 g/mol. The van der Waals surface area contributed by atoms with E-state index >= 15 is 0 Å². The molecule has 1 aliphatic rings. The lowest BCUT2D eigenvalue weighted by Gasteiger charge is -2.42. The van der Waals surface area contributed by atoms with Crippen molar-refractivity contribution in [3.05, 3.63) is 0 Å². The Morgan fingerprint density at radius 1 is 1.21 bits per heavy atom. The highest BCUT2D eigenvalue weighted by Gasteiger charge is 2.47. The summed E-state index contributed by atoms with van der Waals surface area (Å²) in [6.07, 6.45) is -5.98. The van der Waals surface area contributed by atoms with Gasteiger partial charge in [-0.05, 0) is 13.3 Å². The molecular formula is C12H22O7. The first kappa shape index (κ1) is 16.3. The number of ether oxygens (including phenoxy) is 2. The van der Waals surface area contributed by atoms with E-state index in [2.05, 4.69) is 0 Å². The summed E-state index contributed by atoms with van der Waals surface area (Å²) < 4.78 is 10.2. The second-order valence-electron chi connectivity index (χ2n) is 4.56. The van der Waals surface area contributed by atoms with Gasteiger partial charge in [0.05, 0.1) is 25.2 Å². The highest BCUT2D eigenvalue weighted by Crippen LogP contribution is 2.28. The molecule has 7 nitrogen and oxygen atoms in total. The number of hydrogen-bond donors (Lipinski definition) is 4. The first-order valence-corrected chi connectivity index (χ1v) is 6.45. The van der Waals surface area contributed by atoms with Crippen LogP contribution in [0.15, 0.2) is 0 Å². The third kappa shape index (κ3) is 3.43. The molecular weight excluding hydrogens is 256 g/mol. The fraction of sp³-hybridized carbons (Fsp3) is 0.917. The lowest BCUT2D eigenvalue weighted by molar-refractivity contribution is -0.243. The first-order chi connectivity index (χ1) is 8.97. The maximum atomic E-state index is 11.8. The molecule has 19 heavy (non-hydrogen) atoms. The Morgan fingerprint density at radius 2 is 1.84 bits per heavy atom. The van der Waals surface area contributed by atoms with Crippen LogP contribution in [0.5, 0.6) is 0 Å². The highest BCUT2D eigenvalue weighted by molar-refractivity contribution is 5.73. The van der Waals surface area contributed by atoms with E-state index < -0.39 is 49.0 Å². The third-order valence-corrected chi connectivity index (χ3v) is 3.35. The van der Waals surface area contributed by atoms with Crippen LogP contribution in [-0.4, -0.2) is 70.1 Å². The molecule has 6 atom stereocenters. The Labute approximate surface area is 111 Å². The zero-order valence-corrected chi connectivity index (χ0v) is 11.1. The summed E-state index contributed by atoms with van der Waals surface area (Å²) in [5.74, 6) is -1.29. The summed E-state index contributed by atoms with van der Waals surface area (Å²) in [4.78, 5) is 11.8. The van der Waals surface area contributed by atoms with Gasteiger partial charge in [-0.1, -0.05) is 6.92 Å². The van der Waals surface area contributed by atoms with Crippen molar-refractivity contribution in [3.8, 4) is 0 Å². The van der Waals surface area contributed by atoms with E-state index in [1.54, 1.807) is 13.8 Å². The van der Waals surface area contributed by atoms with Gasteiger partial charge in [0, 0.05) is 0 Å². The molecule has 0 saturated carbocycles. The molecule has 7 heteroatoms. The zero-order chi connectivity index (χ0) is 14.6. The molecule has 0 spiro atoms. The first-order valence-electron chi connectivity index (χ1n) is 6.45. The van der Waals surface area contributed by atoms with Crippen LogP contribution in [-0.2, 0) is 14.3 Å². The molecule has 0 radical (unpaired) electrons. The summed E-state index contributed by atoms with van der Waals surface area (Å²) >= 11 is 0. The second-order valence-corrected chi connectivity index (χ2v) is 4.56. The topological polar surface area (TPSA) is 116 Å². The lowest BCUT2D eigenvalue weighted by Crippen LogP contribution is -2.61. The molecule has 1 rings (SSSR count). The smallest absolute Gasteiger partial charge is 0.311 e. The molecule has 4 N–H and O–H groups in total. The number of carbonyl (C=O) groups excluding carboxylic acids is 1. The van der Waals surface area contributed by atoms with Gasteiger partial charge < -0.3 is 29.9 Å². The van der Waals surface area contributed by atoms with Gasteiger partial charge in [0.25, 0.3) is 0 Å². The van der Waals surface area contributed by atoms with Crippen molar-refractivity contribution in [1.29, 1.82) is 0 Å². The van der Waals surface area contributed by atoms with Crippen LogP contribution in [0.1, 0.15) is 20.3 Å². The normalized spacial score (nSPS) is 36.8. The molecule has 1 aliphatic heterocycles. The molecule has 1 fully saturated rings. The second kappa shape index (κ2) is 7.16. The maximum absolute atomic E-state index is 11.8. The number of carbonyl (C=O) groups is 1. The zero-order valence-electron chi connectivity index (χ0n) is 11.1. The van der Waals surface area contributed by atoms with Crippen LogP contribution in [0.25, 0.3) is 0 Å². The van der Waals surface area contributed by atoms with E-state index in [1.165, 1.54) is 0 Å². The molecule has 0 aromatic heterocycles. The number of hydrogen-bond acceptors (Lipinski definition) is 7. The quantitative estimate of drug-likeness (QED) is 0.448. The monoisotopic (exact) mass is 278 g/mol. The van der Waals surface area contributed by atoms with Crippen molar-refractivity contribution in [2.45, 2.75) is 50.8 Å². The molecule has 0 aromatic carbocycles. The van der Waals surface area contributed by atoms with Crippen molar-refractivity contribution in [3.63, 3.8) is 0 Å². The summed E-state index contributed by atoms with van der Waals surface area (Å²) in [6.45, 7) is 3.08. The number of aliphatic hydroxyl groups is 4. The van der Waals surface area contributed by atoms with Crippen molar-refractivity contribution in [2.75, 3.05) is 13.2 Å². The summed E-state index contributed by atoms with van der Waals surface area (Å²) in [6, 6.07) is 0. The van der Waals surface area contributed by atoms with Crippen LogP contribution in [0.2, 0.25) is 0 Å². The van der Waals surface area contributed by atoms with Crippen LogP contribution in [0, 0.1) is 5.92 Å². The van der Waals surface area contributed by atoms with Crippen LogP contribution >= 0.6 is 0 Å². The van der Waals surface area contributed by atoms with Crippen LogP contribution in [0.3, 0.4) is 0 Å². The Kier molecular flexibility index (Phi) is 6.15. The summed E-state index contributed by atoms with van der Waals surface area (Å²) in [5.41, 5.74) is 0. The van der Waals surface area contributed by atoms with E-state index in [4.69, 9.17) is 14.6 Å². The van der Waals surface area contributed by atoms with Gasteiger partial charge in [-0.3, -0.25) is 4.79 Å². The van der Waals surface area contributed by atoms with E-state index in [-0.39, 0.29) is 6.61 Å². The summed E-state index contributed by atoms with van der Waals surface area (Å²) in [7, 11) is 0. The van der Waals surface area contributed by atoms with Gasteiger partial charge in [-0.2, -0.15) is 0 Å². The van der Waals surface area contributed by atoms with E-state index in [0.29, 0.717) is 6.42 Å². The van der Waals surface area contributed by atoms with E-state index in [1.807, 2.05) is 0 Å². The Morgan fingerprint density at radius 3 is 2.32 bits per heavy atom. The van der Waals surface area contributed by atoms with Gasteiger partial charge in [0.1, 0.15) is 24.4 Å². The largest absolute Gasteiger partial charge is 0.466 e. The molecule has 0 bridgehead atoms. The fourth-order valence-corrected chi connectivity index (χ4v) is 2.25. The third-order valence-electron chi connectivity index (χ3n) is 3.35. The van der Waals surface area contributed by atoms with Crippen molar-refractivity contribution in [2.24, 2.45) is 5.92 Å². The van der Waals surface area contributed by atoms with Crippen LogP contribution in [0.4, 0.5) is 0 Å². The minimum Gasteiger partial charge on any atom is -0.466 e. The van der Waals surface area contributed by atoms with Crippen molar-refractivity contribution >= 4 is 5.97 Å². The molecule has 0 aliphatic carbocycles. The minimum absolute atomic E-state index is 0.201. The molecule has 0 amide bonds. The van der Waals surface area contributed by atoms with Gasteiger partial charge in [0.15, 0.2) is 0 Å². The molecule has 0 aromatic rings. The van der Waals surface area contributed by atoms with Gasteiger partial charge in [-0.15, -0.1) is 0 Å². The summed E-state index contributed by atoms with van der Waals surface area (Å²) in [5, 5.41) is 38.3. The highest BCUT2D eigenvalue weighted by atomic mass is 16.6. The van der Waals surface area contributed by atoms with Crippen molar-refractivity contribution < 1.29 is 34.7 Å². The molecule has 112 valence electrons. The van der Waals surface area contributed by atoms with Crippen molar-refractivity contribution in [1.82, 2.24) is 0 Å². The average Bonchev–Trinajstić information content (AvgIpc) is 2.40. The predicted molar refractivity (Wildman–Crippen MR) is 64.2 cm³/mol. The molecule has 1 heterocycles. The van der Waals surface area contributed by atoms with Gasteiger partial charge in [0.2, 0.25) is 0 Å². The SMILES string of the molecule is CCOC(=O)C(CC)[C@@H]1O[C@H](CO)[C@H](O)[C@H](O)[C@H]1O. The van der Waals surface area contributed by atoms with E-state index in [0.717, 1.165) is 0 Å². The van der Waals surface area contributed by atoms with Gasteiger partial charge >= 0.3 is 5.97 Å².